The van der Waals surface area contributed by atoms with Gasteiger partial charge in [-0.2, -0.15) is 0 Å². The van der Waals surface area contributed by atoms with E-state index < -0.39 is 16.6 Å². The lowest BCUT2D eigenvalue weighted by Gasteiger charge is -2.58. The molecule has 2 heterocycles. The smallest absolute Gasteiger partial charge is 0.312 e. The third-order valence-corrected chi connectivity index (χ3v) is 13.2. The molecule has 0 amide bonds. The van der Waals surface area contributed by atoms with Gasteiger partial charge in [0.05, 0.1) is 23.7 Å². The van der Waals surface area contributed by atoms with Gasteiger partial charge in [0.2, 0.25) is 0 Å². The quantitative estimate of drug-likeness (QED) is 0.228. The van der Waals surface area contributed by atoms with Crippen molar-refractivity contribution >= 4 is 11.9 Å². The van der Waals surface area contributed by atoms with Crippen LogP contribution in [0.5, 0.6) is 0 Å². The normalized spacial score (nSPS) is 52.5. The average Bonchev–Trinajstić information content (AvgIpc) is 3.69. The van der Waals surface area contributed by atoms with Crippen molar-refractivity contribution in [2.75, 3.05) is 7.11 Å². The first-order valence-electron chi connectivity index (χ1n) is 15.3. The Bertz CT molecular complexity index is 1130. The molecule has 0 aromatic carbocycles. The number of carbonyl (C=O) groups is 2. The molecule has 6 nitrogen and oxygen atoms in total. The zero-order valence-corrected chi connectivity index (χ0v) is 25.7. The number of fused-ring (bicyclic) bond motifs is 6. The van der Waals surface area contributed by atoms with Crippen LogP contribution in [0.2, 0.25) is 0 Å². The Balaban J connectivity index is 1.38. The molecule has 9 atom stereocenters. The summed E-state index contributed by atoms with van der Waals surface area (Å²) in [4.78, 5) is 25.4. The largest absolute Gasteiger partial charge is 0.469 e. The molecule has 0 aromatic heterocycles. The van der Waals surface area contributed by atoms with Crippen LogP contribution in [0, 0.1) is 33.5 Å². The maximum absolute atomic E-state index is 13.4. The number of ether oxygens (including phenoxy) is 4. The zero-order valence-electron chi connectivity index (χ0n) is 25.7. The second-order valence-corrected chi connectivity index (χ2v) is 16.1. The van der Waals surface area contributed by atoms with Crippen molar-refractivity contribution < 1.29 is 28.5 Å². The Labute approximate surface area is 234 Å². The maximum atomic E-state index is 13.4. The predicted octanol–water partition coefficient (Wildman–Crippen LogP) is 6.55. The Kier molecular flexibility index (Phi) is 5.63. The van der Waals surface area contributed by atoms with E-state index in [1.54, 1.807) is 0 Å². The fourth-order valence-corrected chi connectivity index (χ4v) is 10.7. The molecule has 2 saturated heterocycles. The lowest BCUT2D eigenvalue weighted by atomic mass is 9.45. The van der Waals surface area contributed by atoms with E-state index in [0.29, 0.717) is 5.92 Å². The molecule has 0 N–H and O–H groups in total. The average molecular weight is 543 g/mol. The molecule has 0 radical (unpaired) electrons. The Morgan fingerprint density at radius 1 is 0.795 bits per heavy atom. The molecule has 0 aromatic rings. The summed E-state index contributed by atoms with van der Waals surface area (Å²) in [5, 5.41) is 0. The van der Waals surface area contributed by atoms with E-state index in [1.165, 1.54) is 14.0 Å². The Morgan fingerprint density at radius 3 is 2.15 bits per heavy atom. The third-order valence-electron chi connectivity index (χ3n) is 13.2. The van der Waals surface area contributed by atoms with Crippen LogP contribution in [0.3, 0.4) is 0 Å². The minimum Gasteiger partial charge on any atom is -0.469 e. The number of hydrogen-bond acceptors (Lipinski definition) is 6. The van der Waals surface area contributed by atoms with E-state index in [0.717, 1.165) is 57.8 Å². The summed E-state index contributed by atoms with van der Waals surface area (Å²) in [6, 6.07) is 0. The predicted molar refractivity (Wildman–Crippen MR) is 148 cm³/mol. The number of carbonyl (C=O) groups excluding carboxylic acids is 2. The molecule has 0 spiro atoms. The molecule has 6 fully saturated rings. The SMILES string of the molecule is COC(=O)[C@]12CCC(C)(C)C[C@H]1[C@@]1(/C=C/[C@]34O[C@@]3(C)CC[C@H]3C(C)(C)[C@@H](OC(C)=O)CC[C@@]34C)O[C@@]1(C)CC2. The van der Waals surface area contributed by atoms with Gasteiger partial charge in [-0.3, -0.25) is 9.59 Å². The van der Waals surface area contributed by atoms with Crippen molar-refractivity contribution in [1.29, 1.82) is 0 Å². The molecule has 4 aliphatic carbocycles. The van der Waals surface area contributed by atoms with Crippen molar-refractivity contribution in [2.45, 2.75) is 142 Å². The minimum absolute atomic E-state index is 0.0609. The highest BCUT2D eigenvalue weighted by Gasteiger charge is 2.81. The Morgan fingerprint density at radius 2 is 1.49 bits per heavy atom. The molecule has 2 aliphatic heterocycles. The van der Waals surface area contributed by atoms with Crippen molar-refractivity contribution in [2.24, 2.45) is 33.5 Å². The van der Waals surface area contributed by atoms with Gasteiger partial charge < -0.3 is 18.9 Å². The number of hydrogen-bond donors (Lipinski definition) is 0. The van der Waals surface area contributed by atoms with Crippen molar-refractivity contribution in [3.8, 4) is 0 Å². The highest BCUT2D eigenvalue weighted by atomic mass is 16.6. The fourth-order valence-electron chi connectivity index (χ4n) is 10.7. The van der Waals surface area contributed by atoms with Gasteiger partial charge in [-0.15, -0.1) is 0 Å². The number of esters is 2. The molecule has 0 unspecified atom stereocenters. The van der Waals surface area contributed by atoms with Gasteiger partial charge in [0.15, 0.2) is 0 Å². The third kappa shape index (κ3) is 3.40. The van der Waals surface area contributed by atoms with Gasteiger partial charge in [0.25, 0.3) is 0 Å². The van der Waals surface area contributed by atoms with Gasteiger partial charge in [0.1, 0.15) is 17.3 Å². The topological polar surface area (TPSA) is 77.7 Å². The van der Waals surface area contributed by atoms with Crippen LogP contribution in [0.25, 0.3) is 0 Å². The van der Waals surface area contributed by atoms with Gasteiger partial charge in [0, 0.05) is 23.7 Å². The number of epoxide rings is 2. The summed E-state index contributed by atoms with van der Waals surface area (Å²) < 4.78 is 25.0. The van der Waals surface area contributed by atoms with E-state index in [1.807, 2.05) is 0 Å². The monoisotopic (exact) mass is 542 g/mol. The van der Waals surface area contributed by atoms with E-state index in [9.17, 15) is 9.59 Å². The summed E-state index contributed by atoms with van der Waals surface area (Å²) in [7, 11) is 1.54. The van der Waals surface area contributed by atoms with E-state index in [2.05, 4.69) is 60.6 Å². The van der Waals surface area contributed by atoms with Crippen LogP contribution >= 0.6 is 0 Å². The van der Waals surface area contributed by atoms with Crippen LogP contribution < -0.4 is 0 Å². The van der Waals surface area contributed by atoms with Crippen molar-refractivity contribution in [1.82, 2.24) is 0 Å². The molecule has 218 valence electrons. The van der Waals surface area contributed by atoms with Gasteiger partial charge in [-0.25, -0.2) is 0 Å². The molecule has 6 aliphatic rings. The van der Waals surface area contributed by atoms with Crippen molar-refractivity contribution in [3.63, 3.8) is 0 Å². The first-order valence-corrected chi connectivity index (χ1v) is 15.3. The van der Waals surface area contributed by atoms with Gasteiger partial charge >= 0.3 is 11.9 Å². The summed E-state index contributed by atoms with van der Waals surface area (Å²) in [5.74, 6) is 0.192. The van der Waals surface area contributed by atoms with Gasteiger partial charge in [-0.05, 0) is 83.0 Å². The van der Waals surface area contributed by atoms with E-state index in [-0.39, 0.29) is 51.4 Å². The lowest BCUT2D eigenvalue weighted by molar-refractivity contribution is -0.174. The molecule has 39 heavy (non-hydrogen) atoms. The Hall–Kier alpha value is -1.40. The number of rotatable bonds is 4. The summed E-state index contributed by atoms with van der Waals surface area (Å²) in [6.07, 6.45) is 13.0. The maximum Gasteiger partial charge on any atom is 0.312 e. The molecular formula is C33H50O6. The van der Waals surface area contributed by atoms with Crippen LogP contribution in [-0.2, 0) is 28.5 Å². The second kappa shape index (κ2) is 7.91. The van der Waals surface area contributed by atoms with Crippen LogP contribution in [0.1, 0.15) is 113 Å². The van der Waals surface area contributed by atoms with Crippen LogP contribution in [0.15, 0.2) is 12.2 Å². The standard InChI is InChI=1S/C33H50O6/c1-21(34)37-24-11-12-28(6)22(27(24,4)5)10-13-30(8)33(28,39-30)19-18-32-23-20-26(2,3)14-16-31(23,25(35)36-9)17-15-29(32,7)38-32/h18-19,22-24H,10-17,20H2,1-9H3/b19-18+/t22-,23+,24-,28-,29-,30-,31-,32+,33+/m0/s1. The highest BCUT2D eigenvalue weighted by molar-refractivity contribution is 5.78. The van der Waals surface area contributed by atoms with Gasteiger partial charge in [-0.1, -0.05) is 46.8 Å². The minimum atomic E-state index is -0.487. The zero-order chi connectivity index (χ0) is 28.5. The highest BCUT2D eigenvalue weighted by Crippen LogP contribution is 2.75. The molecule has 6 heteroatoms. The number of methoxy groups -OCH3 is 1. The van der Waals surface area contributed by atoms with Crippen LogP contribution in [0.4, 0.5) is 0 Å². The molecule has 4 saturated carbocycles. The molecular weight excluding hydrogens is 492 g/mol. The summed E-state index contributed by atoms with van der Waals surface area (Å²) >= 11 is 0. The second-order valence-electron chi connectivity index (χ2n) is 16.1. The summed E-state index contributed by atoms with van der Waals surface area (Å²) in [6.45, 7) is 17.7. The van der Waals surface area contributed by atoms with E-state index >= 15 is 0 Å². The molecule has 6 rings (SSSR count). The summed E-state index contributed by atoms with van der Waals surface area (Å²) in [5.41, 5.74) is -1.91. The van der Waals surface area contributed by atoms with E-state index in [4.69, 9.17) is 18.9 Å². The first-order chi connectivity index (χ1) is 18.0. The first kappa shape index (κ1) is 27.8. The lowest BCUT2D eigenvalue weighted by Crippen LogP contribution is -2.60. The van der Waals surface area contributed by atoms with Crippen molar-refractivity contribution in [3.05, 3.63) is 12.2 Å². The molecule has 0 bridgehead atoms. The van der Waals surface area contributed by atoms with Crippen LogP contribution in [-0.4, -0.2) is 47.6 Å². The fraction of sp³-hybridized carbons (Fsp3) is 0.879.